The lowest BCUT2D eigenvalue weighted by Gasteiger charge is -2.10. The van der Waals surface area contributed by atoms with Crippen molar-refractivity contribution in [1.29, 1.82) is 0 Å². The van der Waals surface area contributed by atoms with Crippen LogP contribution in [0.2, 0.25) is 10.0 Å². The molecule has 0 amide bonds. The Bertz CT molecular complexity index is 368. The van der Waals surface area contributed by atoms with Crippen LogP contribution in [-0.2, 0) is 6.42 Å². The fourth-order valence-electron chi connectivity index (χ4n) is 1.34. The summed E-state index contributed by atoms with van der Waals surface area (Å²) in [7, 11) is 0. The maximum absolute atomic E-state index is 5.91. The first-order chi connectivity index (χ1) is 7.13. The molecule has 0 fully saturated rings. The first-order valence-corrected chi connectivity index (χ1v) is 5.52. The van der Waals surface area contributed by atoms with Gasteiger partial charge in [-0.2, -0.15) is 0 Å². The van der Waals surface area contributed by atoms with E-state index in [4.69, 9.17) is 35.4 Å². The van der Waals surface area contributed by atoms with Crippen molar-refractivity contribution < 1.29 is 0 Å². The molecule has 80 valence electrons. The number of nitrogens with two attached hydrogens (primary N) is 1. The average Bonchev–Trinajstić information content (AvgIpc) is 2.20. The van der Waals surface area contributed by atoms with E-state index in [1.54, 1.807) is 6.07 Å². The summed E-state index contributed by atoms with van der Waals surface area (Å²) in [5, 5.41) is 1.14. The van der Waals surface area contributed by atoms with Crippen molar-refractivity contribution in [2.75, 3.05) is 0 Å². The van der Waals surface area contributed by atoms with E-state index < -0.39 is 0 Å². The van der Waals surface area contributed by atoms with E-state index in [1.165, 1.54) is 0 Å². The number of rotatable bonds is 4. The van der Waals surface area contributed by atoms with E-state index >= 15 is 0 Å². The van der Waals surface area contributed by atoms with Crippen LogP contribution in [0.1, 0.15) is 18.4 Å². The Balaban J connectivity index is 2.57. The fraction of sp³-hybridized carbons (Fsp3) is 0.333. The van der Waals surface area contributed by atoms with Crippen molar-refractivity contribution in [3.63, 3.8) is 0 Å². The van der Waals surface area contributed by atoms with Crippen molar-refractivity contribution in [2.24, 2.45) is 5.73 Å². The van der Waals surface area contributed by atoms with Gasteiger partial charge in [-0.1, -0.05) is 29.3 Å². The second kappa shape index (κ2) is 6.02. The molecule has 0 aliphatic rings. The number of halogens is 2. The van der Waals surface area contributed by atoms with Crippen LogP contribution in [0.25, 0.3) is 0 Å². The van der Waals surface area contributed by atoms with E-state index in [0.717, 1.165) is 18.4 Å². The highest BCUT2D eigenvalue weighted by atomic mass is 35.5. The molecule has 0 aliphatic carbocycles. The smallest absolute Gasteiger partial charge is 0.0595 e. The topological polar surface area (TPSA) is 26.0 Å². The minimum Gasteiger partial charge on any atom is -0.327 e. The predicted molar refractivity (Wildman–Crippen MR) is 66.2 cm³/mol. The second-order valence-electron chi connectivity index (χ2n) is 3.46. The molecule has 0 saturated carbocycles. The summed E-state index contributed by atoms with van der Waals surface area (Å²) in [6.45, 7) is 0. The average molecular weight is 242 g/mol. The Morgan fingerprint density at radius 2 is 2.07 bits per heavy atom. The monoisotopic (exact) mass is 241 g/mol. The lowest BCUT2D eigenvalue weighted by atomic mass is 10.0. The second-order valence-corrected chi connectivity index (χ2v) is 4.27. The zero-order chi connectivity index (χ0) is 11.3. The van der Waals surface area contributed by atoms with Crippen molar-refractivity contribution in [3.05, 3.63) is 33.8 Å². The highest BCUT2D eigenvalue weighted by Gasteiger charge is 2.05. The lowest BCUT2D eigenvalue weighted by molar-refractivity contribution is 0.623. The van der Waals surface area contributed by atoms with Gasteiger partial charge >= 0.3 is 0 Å². The third-order valence-corrected chi connectivity index (χ3v) is 2.88. The molecule has 3 heteroatoms. The molecule has 1 rings (SSSR count). The zero-order valence-electron chi connectivity index (χ0n) is 8.34. The van der Waals surface area contributed by atoms with Crippen LogP contribution in [-0.4, -0.2) is 6.04 Å². The molecule has 0 bridgehead atoms. The standard InChI is InChI=1S/C12H13Cl2N/c1-2-3-4-10(15)7-9-5-6-11(13)12(14)8-9/h1,5-6,8,10H,3-4,7,15H2. The van der Waals surface area contributed by atoms with E-state index in [2.05, 4.69) is 5.92 Å². The van der Waals surface area contributed by atoms with Gasteiger partial charge in [0, 0.05) is 12.5 Å². The minimum absolute atomic E-state index is 0.0818. The molecule has 0 aliphatic heterocycles. The summed E-state index contributed by atoms with van der Waals surface area (Å²) in [6.07, 6.45) is 7.49. The van der Waals surface area contributed by atoms with E-state index in [1.807, 2.05) is 12.1 Å². The highest BCUT2D eigenvalue weighted by Crippen LogP contribution is 2.23. The molecule has 0 radical (unpaired) electrons. The highest BCUT2D eigenvalue weighted by molar-refractivity contribution is 6.42. The largest absolute Gasteiger partial charge is 0.327 e. The predicted octanol–water partition coefficient (Wildman–Crippen LogP) is 3.28. The van der Waals surface area contributed by atoms with Gasteiger partial charge in [-0.25, -0.2) is 0 Å². The molecule has 2 N–H and O–H groups in total. The van der Waals surface area contributed by atoms with Crippen LogP contribution >= 0.6 is 23.2 Å². The number of hydrogen-bond donors (Lipinski definition) is 1. The summed E-state index contributed by atoms with van der Waals surface area (Å²) in [5.74, 6) is 2.58. The van der Waals surface area contributed by atoms with Gasteiger partial charge in [0.25, 0.3) is 0 Å². The summed E-state index contributed by atoms with van der Waals surface area (Å²) >= 11 is 11.7. The Kier molecular flexibility index (Phi) is 4.98. The summed E-state index contributed by atoms with van der Waals surface area (Å²) < 4.78 is 0. The van der Waals surface area contributed by atoms with Crippen LogP contribution in [0.15, 0.2) is 18.2 Å². The van der Waals surface area contributed by atoms with Gasteiger partial charge in [0.2, 0.25) is 0 Å². The quantitative estimate of drug-likeness (QED) is 0.805. The minimum atomic E-state index is 0.0818. The van der Waals surface area contributed by atoms with E-state index in [-0.39, 0.29) is 6.04 Å². The van der Waals surface area contributed by atoms with Crippen LogP contribution in [0.5, 0.6) is 0 Å². The number of hydrogen-bond acceptors (Lipinski definition) is 1. The fourth-order valence-corrected chi connectivity index (χ4v) is 1.66. The normalized spacial score (nSPS) is 12.1. The third kappa shape index (κ3) is 4.13. The molecule has 1 aromatic rings. The van der Waals surface area contributed by atoms with Crippen LogP contribution in [0, 0.1) is 12.3 Å². The summed E-state index contributed by atoms with van der Waals surface area (Å²) in [6, 6.07) is 5.65. The van der Waals surface area contributed by atoms with E-state index in [9.17, 15) is 0 Å². The molecule has 0 heterocycles. The van der Waals surface area contributed by atoms with Crippen LogP contribution in [0.4, 0.5) is 0 Å². The van der Waals surface area contributed by atoms with Gasteiger partial charge in [0.1, 0.15) is 0 Å². The Morgan fingerprint density at radius 1 is 1.33 bits per heavy atom. The first-order valence-electron chi connectivity index (χ1n) is 4.76. The zero-order valence-corrected chi connectivity index (χ0v) is 9.85. The molecule has 0 aromatic heterocycles. The third-order valence-electron chi connectivity index (χ3n) is 2.14. The molecule has 1 unspecified atom stereocenters. The van der Waals surface area contributed by atoms with Crippen molar-refractivity contribution >= 4 is 23.2 Å². The maximum Gasteiger partial charge on any atom is 0.0595 e. The van der Waals surface area contributed by atoms with Crippen LogP contribution in [0.3, 0.4) is 0 Å². The van der Waals surface area contributed by atoms with Gasteiger partial charge in [-0.05, 0) is 30.5 Å². The molecule has 0 spiro atoms. The lowest BCUT2D eigenvalue weighted by Crippen LogP contribution is -2.22. The number of benzene rings is 1. The molecular weight excluding hydrogens is 229 g/mol. The number of terminal acetylenes is 1. The van der Waals surface area contributed by atoms with Crippen LogP contribution < -0.4 is 5.73 Å². The first kappa shape index (κ1) is 12.4. The Labute approximate surface area is 101 Å². The summed E-state index contributed by atoms with van der Waals surface area (Å²) in [5.41, 5.74) is 7.00. The molecule has 15 heavy (non-hydrogen) atoms. The molecule has 1 atom stereocenters. The molecule has 1 aromatic carbocycles. The van der Waals surface area contributed by atoms with Gasteiger partial charge in [-0.3, -0.25) is 0 Å². The van der Waals surface area contributed by atoms with Crippen molar-refractivity contribution in [3.8, 4) is 12.3 Å². The Morgan fingerprint density at radius 3 is 2.67 bits per heavy atom. The molecular formula is C12H13Cl2N. The molecule has 0 saturated heterocycles. The SMILES string of the molecule is C#CCCC(N)Cc1ccc(Cl)c(Cl)c1. The van der Waals surface area contributed by atoms with Gasteiger partial charge < -0.3 is 5.73 Å². The van der Waals surface area contributed by atoms with Crippen molar-refractivity contribution in [2.45, 2.75) is 25.3 Å². The van der Waals surface area contributed by atoms with Gasteiger partial charge in [0.05, 0.1) is 10.0 Å². The van der Waals surface area contributed by atoms with Gasteiger partial charge in [0.15, 0.2) is 0 Å². The van der Waals surface area contributed by atoms with E-state index in [0.29, 0.717) is 16.5 Å². The van der Waals surface area contributed by atoms with Crippen molar-refractivity contribution in [1.82, 2.24) is 0 Å². The summed E-state index contributed by atoms with van der Waals surface area (Å²) in [4.78, 5) is 0. The maximum atomic E-state index is 5.91. The van der Waals surface area contributed by atoms with Gasteiger partial charge in [-0.15, -0.1) is 12.3 Å². The Hall–Kier alpha value is -0.680. The molecule has 1 nitrogen and oxygen atoms in total.